The summed E-state index contributed by atoms with van der Waals surface area (Å²) in [5.41, 5.74) is 2.07. The lowest BCUT2D eigenvalue weighted by Gasteiger charge is -2.36. The van der Waals surface area contributed by atoms with E-state index in [1.807, 2.05) is 18.2 Å². The molecule has 2 aromatic rings. The second kappa shape index (κ2) is 7.03. The zero-order valence-corrected chi connectivity index (χ0v) is 15.0. The fraction of sp³-hybridized carbons (Fsp3) is 0.333. The van der Waals surface area contributed by atoms with E-state index < -0.39 is 0 Å². The molecule has 0 spiro atoms. The van der Waals surface area contributed by atoms with Crippen molar-refractivity contribution in [2.45, 2.75) is 0 Å². The number of hydrogen-bond donors (Lipinski definition) is 1. The summed E-state index contributed by atoms with van der Waals surface area (Å²) in [5.74, 6) is 2.00. The van der Waals surface area contributed by atoms with E-state index in [-0.39, 0.29) is 25.0 Å². The van der Waals surface area contributed by atoms with E-state index in [2.05, 4.69) is 15.7 Å². The molecule has 2 aromatic carbocycles. The number of benzene rings is 2. The minimum atomic E-state index is -0.344. The second-order valence-corrected chi connectivity index (χ2v) is 6.81. The molecule has 0 aromatic heterocycles. The van der Waals surface area contributed by atoms with Gasteiger partial charge in [0, 0.05) is 53.8 Å². The number of hydrogen-bond acceptors (Lipinski definition) is 5. The average molecular weight is 363 g/mol. The van der Waals surface area contributed by atoms with Crippen LogP contribution in [0.25, 0.3) is 10.8 Å². The minimum absolute atomic E-state index is 0.00633. The lowest BCUT2D eigenvalue weighted by molar-refractivity contribution is 0.0580. The van der Waals surface area contributed by atoms with Gasteiger partial charge < -0.3 is 10.0 Å². The van der Waals surface area contributed by atoms with Gasteiger partial charge in [0.25, 0.3) is 11.8 Å². The Hall–Kier alpha value is -2.88. The van der Waals surface area contributed by atoms with Crippen LogP contribution in [0.4, 0.5) is 5.69 Å². The van der Waals surface area contributed by atoms with E-state index in [0.717, 1.165) is 42.2 Å². The van der Waals surface area contributed by atoms with E-state index in [4.69, 9.17) is 6.42 Å². The highest BCUT2D eigenvalue weighted by Crippen LogP contribution is 2.36. The molecule has 27 heavy (non-hydrogen) atoms. The summed E-state index contributed by atoms with van der Waals surface area (Å²) < 4.78 is 0. The number of carbonyl (C=O) groups excluding carboxylic acids is 2. The number of terminal acetylenes is 1. The Labute approximate surface area is 158 Å². The van der Waals surface area contributed by atoms with Crippen LogP contribution in [0, 0.1) is 12.3 Å². The normalized spacial score (nSPS) is 17.5. The fourth-order valence-corrected chi connectivity index (χ4v) is 3.99. The number of amides is 2. The maximum absolute atomic E-state index is 12.8. The van der Waals surface area contributed by atoms with Gasteiger partial charge in [-0.05, 0) is 18.2 Å². The van der Waals surface area contributed by atoms with E-state index in [1.165, 1.54) is 0 Å². The van der Waals surface area contributed by atoms with Crippen molar-refractivity contribution in [1.29, 1.82) is 0 Å². The molecule has 2 amide bonds. The lowest BCUT2D eigenvalue weighted by Crippen LogP contribution is -2.46. The van der Waals surface area contributed by atoms with Gasteiger partial charge in [0.2, 0.25) is 0 Å². The summed E-state index contributed by atoms with van der Waals surface area (Å²) in [4.78, 5) is 31.2. The molecule has 0 saturated carbocycles. The third-order valence-electron chi connectivity index (χ3n) is 5.32. The maximum atomic E-state index is 12.8. The minimum Gasteiger partial charge on any atom is -0.395 e. The van der Waals surface area contributed by atoms with Crippen molar-refractivity contribution < 1.29 is 14.7 Å². The summed E-state index contributed by atoms with van der Waals surface area (Å²) in [6.45, 7) is 3.87. The van der Waals surface area contributed by atoms with Crippen molar-refractivity contribution in [3.63, 3.8) is 0 Å². The van der Waals surface area contributed by atoms with Gasteiger partial charge in [0.05, 0.1) is 19.7 Å². The van der Waals surface area contributed by atoms with Crippen LogP contribution in [-0.2, 0) is 0 Å². The van der Waals surface area contributed by atoms with Gasteiger partial charge in [-0.2, -0.15) is 0 Å². The first-order valence-electron chi connectivity index (χ1n) is 9.09. The zero-order chi connectivity index (χ0) is 19.0. The first-order valence-corrected chi connectivity index (χ1v) is 9.09. The van der Waals surface area contributed by atoms with Crippen molar-refractivity contribution in [2.75, 3.05) is 50.8 Å². The smallest absolute Gasteiger partial charge is 0.261 e. The van der Waals surface area contributed by atoms with Crippen molar-refractivity contribution in [3.05, 3.63) is 41.5 Å². The molecule has 0 radical (unpaired) electrons. The van der Waals surface area contributed by atoms with Crippen LogP contribution < -0.4 is 4.90 Å². The number of rotatable bonds is 4. The molecule has 6 nitrogen and oxygen atoms in total. The van der Waals surface area contributed by atoms with Gasteiger partial charge in [-0.15, -0.1) is 6.42 Å². The molecule has 2 heterocycles. The van der Waals surface area contributed by atoms with Gasteiger partial charge in [-0.1, -0.05) is 18.1 Å². The highest BCUT2D eigenvalue weighted by Gasteiger charge is 2.33. The Morgan fingerprint density at radius 2 is 1.70 bits per heavy atom. The summed E-state index contributed by atoms with van der Waals surface area (Å²) in [6, 6.07) is 9.33. The molecule has 1 saturated heterocycles. The van der Waals surface area contributed by atoms with Crippen LogP contribution >= 0.6 is 0 Å². The van der Waals surface area contributed by atoms with Crippen LogP contribution in [0.5, 0.6) is 0 Å². The molecule has 1 N–H and O–H groups in total. The summed E-state index contributed by atoms with van der Waals surface area (Å²) in [5, 5.41) is 10.8. The Bertz CT molecular complexity index is 933. The molecule has 2 aliphatic heterocycles. The Morgan fingerprint density at radius 3 is 2.37 bits per heavy atom. The molecule has 0 bridgehead atoms. The van der Waals surface area contributed by atoms with Crippen LogP contribution in [0.15, 0.2) is 30.3 Å². The van der Waals surface area contributed by atoms with E-state index in [9.17, 15) is 14.7 Å². The Balaban J connectivity index is 1.75. The molecule has 0 aliphatic carbocycles. The molecule has 0 unspecified atom stereocenters. The molecule has 0 atom stereocenters. The van der Waals surface area contributed by atoms with E-state index >= 15 is 0 Å². The van der Waals surface area contributed by atoms with E-state index in [1.54, 1.807) is 12.1 Å². The predicted molar refractivity (Wildman–Crippen MR) is 104 cm³/mol. The van der Waals surface area contributed by atoms with E-state index in [0.29, 0.717) is 23.1 Å². The van der Waals surface area contributed by atoms with Crippen LogP contribution in [-0.4, -0.2) is 72.6 Å². The van der Waals surface area contributed by atoms with Gasteiger partial charge in [0.1, 0.15) is 0 Å². The van der Waals surface area contributed by atoms with Crippen molar-refractivity contribution >= 4 is 28.3 Å². The van der Waals surface area contributed by atoms with Crippen LogP contribution in [0.2, 0.25) is 0 Å². The summed E-state index contributed by atoms with van der Waals surface area (Å²) >= 11 is 0. The number of piperazine rings is 1. The van der Waals surface area contributed by atoms with Gasteiger partial charge in [-0.3, -0.25) is 19.4 Å². The average Bonchev–Trinajstić information content (AvgIpc) is 2.70. The third kappa shape index (κ3) is 2.85. The monoisotopic (exact) mass is 363 g/mol. The fourth-order valence-electron chi connectivity index (χ4n) is 3.99. The Kier molecular flexibility index (Phi) is 4.56. The molecule has 6 heteroatoms. The first kappa shape index (κ1) is 17.5. The van der Waals surface area contributed by atoms with Crippen molar-refractivity contribution in [1.82, 2.24) is 9.80 Å². The molecular formula is C21H21N3O3. The quantitative estimate of drug-likeness (QED) is 0.653. The number of imide groups is 1. The SMILES string of the molecule is C#CCN1CCN(c2ccc3c4c(cccc24)C(=O)N(CCO)C3=O)CC1. The highest BCUT2D eigenvalue weighted by molar-refractivity contribution is 6.26. The molecule has 138 valence electrons. The summed E-state index contributed by atoms with van der Waals surface area (Å²) in [6.07, 6.45) is 5.40. The van der Waals surface area contributed by atoms with Crippen LogP contribution in [0.3, 0.4) is 0 Å². The molecule has 2 aliphatic rings. The highest BCUT2D eigenvalue weighted by atomic mass is 16.3. The maximum Gasteiger partial charge on any atom is 0.261 e. The first-order chi connectivity index (χ1) is 13.2. The predicted octanol–water partition coefficient (Wildman–Crippen LogP) is 1.18. The molecule has 4 rings (SSSR count). The third-order valence-corrected chi connectivity index (χ3v) is 5.32. The van der Waals surface area contributed by atoms with Crippen molar-refractivity contribution in [3.8, 4) is 12.3 Å². The number of anilines is 1. The largest absolute Gasteiger partial charge is 0.395 e. The number of carbonyl (C=O) groups is 2. The molecule has 1 fully saturated rings. The van der Waals surface area contributed by atoms with Crippen molar-refractivity contribution in [2.24, 2.45) is 0 Å². The lowest BCUT2D eigenvalue weighted by atomic mass is 9.92. The number of aliphatic hydroxyl groups excluding tert-OH is 1. The second-order valence-electron chi connectivity index (χ2n) is 6.81. The van der Waals surface area contributed by atoms with Gasteiger partial charge >= 0.3 is 0 Å². The number of aliphatic hydroxyl groups is 1. The zero-order valence-electron chi connectivity index (χ0n) is 15.0. The number of β-amino-alcohol motifs (C(OH)–C–C–N with tert-alkyl or cyclic N) is 1. The summed E-state index contributed by atoms with van der Waals surface area (Å²) in [7, 11) is 0. The van der Waals surface area contributed by atoms with Gasteiger partial charge in [0.15, 0.2) is 0 Å². The number of nitrogens with zero attached hydrogens (tertiary/aromatic N) is 3. The Morgan fingerprint density at radius 1 is 1.00 bits per heavy atom. The van der Waals surface area contributed by atoms with Crippen LogP contribution in [0.1, 0.15) is 20.7 Å². The standard InChI is InChI=1S/C21H21N3O3/c1-2-8-22-9-11-23(12-10-22)18-7-6-17-19-15(18)4-3-5-16(19)20(26)24(13-14-25)21(17)27/h1,3-7,25H,8-14H2. The topological polar surface area (TPSA) is 64.1 Å². The van der Waals surface area contributed by atoms with Gasteiger partial charge in [-0.25, -0.2) is 0 Å². The molecular weight excluding hydrogens is 342 g/mol.